The maximum Gasteiger partial charge on any atom is 0.240 e. The van der Waals surface area contributed by atoms with Gasteiger partial charge in [-0.25, -0.2) is 27.8 Å². The topological polar surface area (TPSA) is 114 Å². The van der Waals surface area contributed by atoms with Crippen molar-refractivity contribution >= 4 is 21.7 Å². The van der Waals surface area contributed by atoms with E-state index in [0.717, 1.165) is 24.6 Å². The van der Waals surface area contributed by atoms with Crippen molar-refractivity contribution in [2.24, 2.45) is 0 Å². The summed E-state index contributed by atoms with van der Waals surface area (Å²) in [6, 6.07) is 10.2. The Labute approximate surface area is 175 Å². The first-order valence-electron chi connectivity index (χ1n) is 9.60. The Morgan fingerprint density at radius 3 is 2.60 bits per heavy atom. The lowest BCUT2D eigenvalue weighted by atomic mass is 10.3. The zero-order valence-corrected chi connectivity index (χ0v) is 17.1. The zero-order valence-electron chi connectivity index (χ0n) is 16.3. The van der Waals surface area contributed by atoms with E-state index in [1.54, 1.807) is 47.4 Å². The van der Waals surface area contributed by atoms with Crippen molar-refractivity contribution in [1.29, 1.82) is 0 Å². The summed E-state index contributed by atoms with van der Waals surface area (Å²) in [6.07, 6.45) is 4.96. The van der Waals surface area contributed by atoms with Crippen molar-refractivity contribution in [3.05, 3.63) is 55.1 Å². The molecule has 1 saturated heterocycles. The van der Waals surface area contributed by atoms with Crippen LogP contribution >= 0.6 is 0 Å². The van der Waals surface area contributed by atoms with Crippen LogP contribution in [0.15, 0.2) is 60.0 Å². The molecule has 1 aliphatic rings. The molecule has 0 bridgehead atoms. The molecule has 3 heterocycles. The fourth-order valence-electron chi connectivity index (χ4n) is 3.07. The normalized spacial score (nSPS) is 14.6. The molecule has 3 aromatic rings. The smallest absolute Gasteiger partial charge is 0.240 e. The summed E-state index contributed by atoms with van der Waals surface area (Å²) in [7, 11) is -3.60. The number of rotatable bonds is 8. The highest BCUT2D eigenvalue weighted by molar-refractivity contribution is 7.89. The van der Waals surface area contributed by atoms with E-state index in [1.807, 2.05) is 6.07 Å². The van der Waals surface area contributed by atoms with Crippen LogP contribution in [-0.2, 0) is 14.8 Å². The molecule has 0 atom stereocenters. The molecule has 0 unspecified atom stereocenters. The van der Waals surface area contributed by atoms with E-state index in [2.05, 4.69) is 30.0 Å². The Hall–Kier alpha value is -3.02. The molecule has 2 N–H and O–H groups in total. The molecule has 30 heavy (non-hydrogen) atoms. The van der Waals surface area contributed by atoms with Crippen LogP contribution in [0.5, 0.6) is 0 Å². The summed E-state index contributed by atoms with van der Waals surface area (Å²) >= 11 is 0. The molecule has 1 aromatic carbocycles. The minimum absolute atomic E-state index is 0.204. The first kappa shape index (κ1) is 20.3. The van der Waals surface area contributed by atoms with Gasteiger partial charge in [0.05, 0.1) is 23.8 Å². The lowest BCUT2D eigenvalue weighted by Gasteiger charge is -2.27. The van der Waals surface area contributed by atoms with Crippen molar-refractivity contribution in [2.75, 3.05) is 49.6 Å². The molecule has 4 rings (SSSR count). The molecule has 0 aliphatic carbocycles. The molecular weight excluding hydrogens is 406 g/mol. The third-order valence-electron chi connectivity index (χ3n) is 4.63. The van der Waals surface area contributed by atoms with E-state index in [4.69, 9.17) is 4.74 Å². The molecule has 2 aromatic heterocycles. The van der Waals surface area contributed by atoms with Gasteiger partial charge in [-0.1, -0.05) is 0 Å². The number of sulfonamides is 1. The SMILES string of the molecule is O=S(=O)(NCCNc1cc(N2CCOCC2)ncn1)c1ccc(-n2cccn2)cc1. The van der Waals surface area contributed by atoms with Gasteiger partial charge in [-0.05, 0) is 30.3 Å². The number of morpholine rings is 1. The summed E-state index contributed by atoms with van der Waals surface area (Å²) in [5.74, 6) is 1.47. The number of hydrogen-bond donors (Lipinski definition) is 2. The van der Waals surface area contributed by atoms with E-state index in [0.29, 0.717) is 25.6 Å². The van der Waals surface area contributed by atoms with E-state index in [-0.39, 0.29) is 11.4 Å². The first-order chi connectivity index (χ1) is 14.6. The molecule has 10 nitrogen and oxygen atoms in total. The second kappa shape index (κ2) is 9.20. The Balaban J connectivity index is 1.29. The van der Waals surface area contributed by atoms with Gasteiger partial charge in [-0.15, -0.1) is 0 Å². The Bertz CT molecular complexity index is 1050. The van der Waals surface area contributed by atoms with Gasteiger partial charge in [0.2, 0.25) is 10.0 Å². The van der Waals surface area contributed by atoms with Gasteiger partial charge in [0.25, 0.3) is 0 Å². The summed E-state index contributed by atoms with van der Waals surface area (Å²) < 4.78 is 34.6. The van der Waals surface area contributed by atoms with Crippen LogP contribution in [0.2, 0.25) is 0 Å². The van der Waals surface area contributed by atoms with Crippen LogP contribution in [-0.4, -0.2) is 67.6 Å². The molecule has 0 spiro atoms. The van der Waals surface area contributed by atoms with Crippen LogP contribution < -0.4 is 14.9 Å². The molecule has 11 heteroatoms. The van der Waals surface area contributed by atoms with Gasteiger partial charge in [-0.2, -0.15) is 5.10 Å². The highest BCUT2D eigenvalue weighted by atomic mass is 32.2. The summed E-state index contributed by atoms with van der Waals surface area (Å²) in [4.78, 5) is 10.8. The number of hydrogen-bond acceptors (Lipinski definition) is 8. The van der Waals surface area contributed by atoms with Crippen molar-refractivity contribution in [3.63, 3.8) is 0 Å². The Morgan fingerprint density at radius 1 is 1.07 bits per heavy atom. The monoisotopic (exact) mass is 429 g/mol. The largest absolute Gasteiger partial charge is 0.378 e. The Morgan fingerprint density at radius 2 is 1.87 bits per heavy atom. The number of benzene rings is 1. The van der Waals surface area contributed by atoms with Crippen LogP contribution in [0.25, 0.3) is 5.69 Å². The molecule has 0 saturated carbocycles. The van der Waals surface area contributed by atoms with Gasteiger partial charge < -0.3 is 15.0 Å². The second-order valence-electron chi connectivity index (χ2n) is 6.63. The predicted octanol–water partition coefficient (Wildman–Crippen LogP) is 0.889. The third-order valence-corrected chi connectivity index (χ3v) is 6.10. The van der Waals surface area contributed by atoms with Crippen LogP contribution in [0, 0.1) is 0 Å². The van der Waals surface area contributed by atoms with Gasteiger partial charge in [-0.3, -0.25) is 0 Å². The molecule has 1 aliphatic heterocycles. The van der Waals surface area contributed by atoms with Gasteiger partial charge >= 0.3 is 0 Å². The standard InChI is InChI=1S/C19H23N7O3S/c27-30(28,17-4-2-16(3-5-17)26-9-1-6-23-26)24-8-7-20-18-14-19(22-15-21-18)25-10-12-29-13-11-25/h1-6,9,14-15,24H,7-8,10-13H2,(H,20,21,22). The maximum atomic E-state index is 12.5. The summed E-state index contributed by atoms with van der Waals surface area (Å²) in [5.41, 5.74) is 0.792. The van der Waals surface area contributed by atoms with Crippen LogP contribution in [0.4, 0.5) is 11.6 Å². The average Bonchev–Trinajstić information content (AvgIpc) is 3.33. The summed E-state index contributed by atoms with van der Waals surface area (Å²) in [6.45, 7) is 3.55. The van der Waals surface area contributed by atoms with Crippen molar-refractivity contribution < 1.29 is 13.2 Å². The molecular formula is C19H23N7O3S. The minimum atomic E-state index is -3.60. The van der Waals surface area contributed by atoms with Gasteiger partial charge in [0, 0.05) is 44.6 Å². The van der Waals surface area contributed by atoms with E-state index in [9.17, 15) is 8.42 Å². The van der Waals surface area contributed by atoms with Gasteiger partial charge in [0.15, 0.2) is 0 Å². The van der Waals surface area contributed by atoms with E-state index < -0.39 is 10.0 Å². The number of nitrogens with one attached hydrogen (secondary N) is 2. The third kappa shape index (κ3) is 4.93. The van der Waals surface area contributed by atoms with E-state index >= 15 is 0 Å². The lowest BCUT2D eigenvalue weighted by molar-refractivity contribution is 0.122. The highest BCUT2D eigenvalue weighted by Gasteiger charge is 2.14. The number of anilines is 2. The number of aromatic nitrogens is 4. The first-order valence-corrected chi connectivity index (χ1v) is 11.1. The molecule has 0 amide bonds. The fraction of sp³-hybridized carbons (Fsp3) is 0.316. The van der Waals surface area contributed by atoms with Crippen molar-refractivity contribution in [1.82, 2.24) is 24.5 Å². The molecule has 158 valence electrons. The zero-order chi connectivity index (χ0) is 20.8. The fourth-order valence-corrected chi connectivity index (χ4v) is 4.10. The highest BCUT2D eigenvalue weighted by Crippen LogP contribution is 2.15. The number of nitrogens with zero attached hydrogens (tertiary/aromatic N) is 5. The van der Waals surface area contributed by atoms with Crippen molar-refractivity contribution in [2.45, 2.75) is 4.90 Å². The second-order valence-corrected chi connectivity index (χ2v) is 8.40. The van der Waals surface area contributed by atoms with Crippen molar-refractivity contribution in [3.8, 4) is 5.69 Å². The summed E-state index contributed by atoms with van der Waals surface area (Å²) in [5, 5.41) is 7.26. The van der Waals surface area contributed by atoms with Crippen LogP contribution in [0.3, 0.4) is 0 Å². The number of ether oxygens (including phenoxy) is 1. The molecule has 0 radical (unpaired) electrons. The lowest BCUT2D eigenvalue weighted by Crippen LogP contribution is -2.36. The quantitative estimate of drug-likeness (QED) is 0.508. The molecule has 1 fully saturated rings. The van der Waals surface area contributed by atoms with E-state index in [1.165, 1.54) is 6.33 Å². The van der Waals surface area contributed by atoms with Crippen LogP contribution in [0.1, 0.15) is 0 Å². The Kier molecular flexibility index (Phi) is 6.21. The predicted molar refractivity (Wildman–Crippen MR) is 112 cm³/mol. The minimum Gasteiger partial charge on any atom is -0.378 e. The van der Waals surface area contributed by atoms with Gasteiger partial charge in [0.1, 0.15) is 18.0 Å². The maximum absolute atomic E-state index is 12.5. The average molecular weight is 430 g/mol.